The fraction of sp³-hybridized carbons (Fsp3) is 0.500. The average Bonchev–Trinajstić information content (AvgIpc) is 3.10. The van der Waals surface area contributed by atoms with Crippen molar-refractivity contribution in [2.24, 2.45) is 5.41 Å². The maximum Gasteiger partial charge on any atom is 0.123 e. The van der Waals surface area contributed by atoms with E-state index < -0.39 is 5.41 Å². The van der Waals surface area contributed by atoms with E-state index in [1.54, 1.807) is 13.2 Å². The number of halogens is 1. The van der Waals surface area contributed by atoms with Crippen LogP contribution in [0.1, 0.15) is 24.4 Å². The lowest BCUT2D eigenvalue weighted by atomic mass is 9.89. The first-order chi connectivity index (χ1) is 8.54. The Hall–Kier alpha value is -1.60. The molecular weight excluding hydrogens is 231 g/mol. The number of ether oxygens (including phenoxy) is 1. The predicted molar refractivity (Wildman–Crippen MR) is 66.7 cm³/mol. The van der Waals surface area contributed by atoms with Crippen molar-refractivity contribution in [2.75, 3.05) is 21.2 Å². The van der Waals surface area contributed by atoms with E-state index in [1.807, 2.05) is 19.0 Å². The summed E-state index contributed by atoms with van der Waals surface area (Å²) in [5.41, 5.74) is 0.353. The molecule has 0 spiro atoms. The molecule has 1 aromatic rings. The van der Waals surface area contributed by atoms with Crippen molar-refractivity contribution < 1.29 is 9.13 Å². The second-order valence-electron chi connectivity index (χ2n) is 5.02. The molecule has 0 aliphatic heterocycles. The van der Waals surface area contributed by atoms with Gasteiger partial charge in [0.2, 0.25) is 0 Å². The van der Waals surface area contributed by atoms with E-state index in [2.05, 4.69) is 6.07 Å². The van der Waals surface area contributed by atoms with Crippen molar-refractivity contribution in [3.63, 3.8) is 0 Å². The van der Waals surface area contributed by atoms with E-state index in [1.165, 1.54) is 12.1 Å². The summed E-state index contributed by atoms with van der Waals surface area (Å²) in [4.78, 5) is 1.97. The average molecular weight is 248 g/mol. The second kappa shape index (κ2) is 4.58. The minimum absolute atomic E-state index is 0.131. The third-order valence-electron chi connectivity index (χ3n) is 3.54. The molecule has 4 heteroatoms. The first-order valence-corrected chi connectivity index (χ1v) is 5.95. The van der Waals surface area contributed by atoms with Gasteiger partial charge < -0.3 is 9.64 Å². The molecule has 1 aliphatic carbocycles. The third-order valence-corrected chi connectivity index (χ3v) is 3.54. The Kier molecular flexibility index (Phi) is 3.27. The van der Waals surface area contributed by atoms with Gasteiger partial charge in [0.25, 0.3) is 0 Å². The van der Waals surface area contributed by atoms with Crippen molar-refractivity contribution in [2.45, 2.75) is 18.9 Å². The summed E-state index contributed by atoms with van der Waals surface area (Å²) in [5.74, 6) is 0.336. The van der Waals surface area contributed by atoms with Crippen molar-refractivity contribution in [3.8, 4) is 11.8 Å². The summed E-state index contributed by atoms with van der Waals surface area (Å²) < 4.78 is 18.8. The largest absolute Gasteiger partial charge is 0.496 e. The molecule has 1 fully saturated rings. The number of rotatable bonds is 4. The van der Waals surface area contributed by atoms with Gasteiger partial charge >= 0.3 is 0 Å². The van der Waals surface area contributed by atoms with Gasteiger partial charge in [0.05, 0.1) is 24.6 Å². The Morgan fingerprint density at radius 1 is 1.44 bits per heavy atom. The van der Waals surface area contributed by atoms with Crippen LogP contribution in [0.2, 0.25) is 0 Å². The lowest BCUT2D eigenvalue weighted by molar-refractivity contribution is 0.225. The number of methoxy groups -OCH3 is 1. The van der Waals surface area contributed by atoms with Gasteiger partial charge in [-0.1, -0.05) is 0 Å². The summed E-state index contributed by atoms with van der Waals surface area (Å²) >= 11 is 0. The number of nitrogens with zero attached hydrogens (tertiary/aromatic N) is 2. The minimum atomic E-state index is -0.398. The first kappa shape index (κ1) is 12.8. The van der Waals surface area contributed by atoms with Crippen molar-refractivity contribution in [1.82, 2.24) is 4.90 Å². The van der Waals surface area contributed by atoms with Crippen LogP contribution in [0.3, 0.4) is 0 Å². The zero-order valence-electron chi connectivity index (χ0n) is 10.9. The summed E-state index contributed by atoms with van der Waals surface area (Å²) in [6.07, 6.45) is 1.71. The minimum Gasteiger partial charge on any atom is -0.496 e. The van der Waals surface area contributed by atoms with Crippen molar-refractivity contribution >= 4 is 0 Å². The molecule has 0 heterocycles. The van der Waals surface area contributed by atoms with E-state index >= 15 is 0 Å². The van der Waals surface area contributed by atoms with E-state index in [4.69, 9.17) is 4.74 Å². The summed E-state index contributed by atoms with van der Waals surface area (Å²) in [7, 11) is 5.38. The van der Waals surface area contributed by atoms with E-state index in [0.717, 1.165) is 18.4 Å². The summed E-state index contributed by atoms with van der Waals surface area (Å²) in [6.45, 7) is 0. The molecule has 0 aromatic heterocycles. The molecule has 18 heavy (non-hydrogen) atoms. The van der Waals surface area contributed by atoms with Crippen LogP contribution in [0.4, 0.5) is 4.39 Å². The zero-order chi connectivity index (χ0) is 13.3. The number of benzene rings is 1. The molecule has 1 aromatic carbocycles. The number of nitriles is 1. The number of hydrogen-bond donors (Lipinski definition) is 0. The molecular formula is C14H17FN2O. The van der Waals surface area contributed by atoms with Gasteiger partial charge in [-0.05, 0) is 45.1 Å². The fourth-order valence-electron chi connectivity index (χ4n) is 2.57. The SMILES string of the molecule is COc1ccc(F)cc1C(N(C)C)C1(C#N)CC1. The molecule has 3 nitrogen and oxygen atoms in total. The van der Waals surface area contributed by atoms with E-state index in [9.17, 15) is 9.65 Å². The van der Waals surface area contributed by atoms with Crippen LogP contribution in [0.25, 0.3) is 0 Å². The van der Waals surface area contributed by atoms with Gasteiger partial charge in [-0.3, -0.25) is 0 Å². The second-order valence-corrected chi connectivity index (χ2v) is 5.02. The first-order valence-electron chi connectivity index (χ1n) is 5.95. The molecule has 0 N–H and O–H groups in total. The van der Waals surface area contributed by atoms with Crippen LogP contribution in [-0.4, -0.2) is 26.1 Å². The molecule has 1 atom stereocenters. The fourth-order valence-corrected chi connectivity index (χ4v) is 2.57. The van der Waals surface area contributed by atoms with Gasteiger partial charge in [0, 0.05) is 5.56 Å². The molecule has 0 radical (unpaired) electrons. The maximum atomic E-state index is 13.5. The Labute approximate surface area is 107 Å². The highest BCUT2D eigenvalue weighted by Crippen LogP contribution is 2.57. The van der Waals surface area contributed by atoms with Gasteiger partial charge in [-0.2, -0.15) is 5.26 Å². The molecule has 1 saturated carbocycles. The standard InChI is InChI=1S/C14H17FN2O/c1-17(2)13(14(9-16)6-7-14)11-8-10(15)4-5-12(11)18-3/h4-5,8,13H,6-7H2,1-3H3. The summed E-state index contributed by atoms with van der Waals surface area (Å²) in [5, 5.41) is 9.36. The quantitative estimate of drug-likeness (QED) is 0.822. The summed E-state index contributed by atoms with van der Waals surface area (Å²) in [6, 6.07) is 6.72. The van der Waals surface area contributed by atoms with Crippen molar-refractivity contribution in [3.05, 3.63) is 29.6 Å². The van der Waals surface area contributed by atoms with Crippen LogP contribution in [0, 0.1) is 22.6 Å². The van der Waals surface area contributed by atoms with E-state index in [0.29, 0.717) is 5.75 Å². The Morgan fingerprint density at radius 3 is 2.56 bits per heavy atom. The molecule has 0 saturated heterocycles. The van der Waals surface area contributed by atoms with Crippen LogP contribution < -0.4 is 4.74 Å². The van der Waals surface area contributed by atoms with Gasteiger partial charge in [-0.25, -0.2) is 4.39 Å². The molecule has 0 amide bonds. The lowest BCUT2D eigenvalue weighted by Crippen LogP contribution is -2.28. The van der Waals surface area contributed by atoms with Crippen LogP contribution in [0.15, 0.2) is 18.2 Å². The predicted octanol–water partition coefficient (Wildman–Crippen LogP) is 2.74. The van der Waals surface area contributed by atoms with Gasteiger partial charge in [0.15, 0.2) is 0 Å². The third kappa shape index (κ3) is 2.06. The molecule has 2 rings (SSSR count). The Balaban J connectivity index is 2.50. The smallest absolute Gasteiger partial charge is 0.123 e. The maximum absolute atomic E-state index is 13.5. The molecule has 96 valence electrons. The molecule has 1 unspecified atom stereocenters. The van der Waals surface area contributed by atoms with Gasteiger partial charge in [0.1, 0.15) is 11.6 Å². The monoisotopic (exact) mass is 248 g/mol. The normalized spacial score (nSPS) is 18.2. The number of hydrogen-bond acceptors (Lipinski definition) is 3. The van der Waals surface area contributed by atoms with Crippen LogP contribution in [0.5, 0.6) is 5.75 Å². The Morgan fingerprint density at radius 2 is 2.11 bits per heavy atom. The van der Waals surface area contributed by atoms with Crippen molar-refractivity contribution in [1.29, 1.82) is 5.26 Å². The molecule has 1 aliphatic rings. The van der Waals surface area contributed by atoms with E-state index in [-0.39, 0.29) is 11.9 Å². The zero-order valence-corrected chi connectivity index (χ0v) is 10.9. The highest BCUT2D eigenvalue weighted by atomic mass is 19.1. The van der Waals surface area contributed by atoms with Crippen LogP contribution in [-0.2, 0) is 0 Å². The topological polar surface area (TPSA) is 36.3 Å². The lowest BCUT2D eigenvalue weighted by Gasteiger charge is -2.30. The van der Waals surface area contributed by atoms with Crippen LogP contribution >= 0.6 is 0 Å². The van der Waals surface area contributed by atoms with Gasteiger partial charge in [-0.15, -0.1) is 0 Å². The highest BCUT2D eigenvalue weighted by molar-refractivity contribution is 5.40. The highest BCUT2D eigenvalue weighted by Gasteiger charge is 2.52. The molecule has 0 bridgehead atoms. The Bertz CT molecular complexity index is 489.